The van der Waals surface area contributed by atoms with Crippen molar-refractivity contribution in [1.29, 1.82) is 0 Å². The molecule has 2 aromatic carbocycles. The monoisotopic (exact) mass is 347 g/mol. The Morgan fingerprint density at radius 3 is 2.76 bits per heavy atom. The highest BCUT2D eigenvalue weighted by atomic mass is 79.9. The summed E-state index contributed by atoms with van der Waals surface area (Å²) in [6.07, 6.45) is 0. The number of nitrogens with one attached hydrogen (secondary N) is 1. The number of rotatable bonds is 3. The van der Waals surface area contributed by atoms with Crippen molar-refractivity contribution in [3.63, 3.8) is 0 Å². The maximum absolute atomic E-state index is 13.5. The maximum Gasteiger partial charge on any atom is 0.287 e. The van der Waals surface area contributed by atoms with Gasteiger partial charge in [-0.15, -0.1) is 0 Å². The lowest BCUT2D eigenvalue weighted by molar-refractivity contribution is 0.0925. The molecule has 0 aliphatic carbocycles. The molecule has 3 rings (SSSR count). The molecule has 0 fully saturated rings. The molecule has 0 aliphatic heterocycles. The minimum absolute atomic E-state index is 0.115. The zero-order chi connectivity index (χ0) is 14.8. The van der Waals surface area contributed by atoms with E-state index in [-0.39, 0.29) is 24.0 Å². The molecule has 3 aromatic rings. The zero-order valence-corrected chi connectivity index (χ0v) is 12.5. The van der Waals surface area contributed by atoms with Crippen molar-refractivity contribution < 1.29 is 13.6 Å². The third-order valence-corrected chi connectivity index (χ3v) is 3.82. The van der Waals surface area contributed by atoms with E-state index in [9.17, 15) is 9.18 Å². The number of amides is 1. The molecule has 0 atom stereocenters. The van der Waals surface area contributed by atoms with Gasteiger partial charge in [0.05, 0.1) is 0 Å². The first-order chi connectivity index (χ1) is 10.1. The fourth-order valence-electron chi connectivity index (χ4n) is 2.04. The van der Waals surface area contributed by atoms with E-state index >= 15 is 0 Å². The Morgan fingerprint density at radius 1 is 1.19 bits per heavy atom. The standard InChI is InChI=1S/C16H11BrFNO2/c17-12-5-3-7-14-11(12)8-15(21-14)16(20)19-9-10-4-1-2-6-13(10)18/h1-8H,9H2,(H,19,20). The molecule has 5 heteroatoms. The summed E-state index contributed by atoms with van der Waals surface area (Å²) in [5.74, 6) is -0.514. The first kappa shape index (κ1) is 13.8. The van der Waals surface area contributed by atoms with Crippen LogP contribution in [0.2, 0.25) is 0 Å². The third kappa shape index (κ3) is 2.83. The lowest BCUT2D eigenvalue weighted by Crippen LogP contribution is -2.22. The molecule has 1 N–H and O–H groups in total. The number of hydrogen-bond donors (Lipinski definition) is 1. The van der Waals surface area contributed by atoms with Gasteiger partial charge in [0, 0.05) is 22.0 Å². The molecule has 106 valence electrons. The van der Waals surface area contributed by atoms with Gasteiger partial charge in [-0.2, -0.15) is 0 Å². The molecular formula is C16H11BrFNO2. The molecule has 3 nitrogen and oxygen atoms in total. The van der Waals surface area contributed by atoms with Gasteiger partial charge in [-0.05, 0) is 24.3 Å². The second kappa shape index (κ2) is 5.69. The summed E-state index contributed by atoms with van der Waals surface area (Å²) in [5, 5.41) is 3.48. The van der Waals surface area contributed by atoms with E-state index in [1.807, 2.05) is 12.1 Å². The van der Waals surface area contributed by atoms with Crippen molar-refractivity contribution in [1.82, 2.24) is 5.32 Å². The van der Waals surface area contributed by atoms with Gasteiger partial charge >= 0.3 is 0 Å². The molecule has 0 saturated carbocycles. The Labute approximate surface area is 128 Å². The first-order valence-corrected chi connectivity index (χ1v) is 7.14. The van der Waals surface area contributed by atoms with Gasteiger partial charge in [-0.1, -0.05) is 40.2 Å². The summed E-state index contributed by atoms with van der Waals surface area (Å²) in [5.41, 5.74) is 1.06. The Balaban J connectivity index is 1.78. The number of furan rings is 1. The molecule has 0 spiro atoms. The van der Waals surface area contributed by atoms with Gasteiger partial charge < -0.3 is 9.73 Å². The number of hydrogen-bond acceptors (Lipinski definition) is 2. The molecule has 1 heterocycles. The number of carbonyl (C=O) groups excluding carboxylic acids is 1. The van der Waals surface area contributed by atoms with Crippen LogP contribution in [0.4, 0.5) is 4.39 Å². The van der Waals surface area contributed by atoms with E-state index in [0.717, 1.165) is 9.86 Å². The highest BCUT2D eigenvalue weighted by molar-refractivity contribution is 9.10. The molecule has 21 heavy (non-hydrogen) atoms. The maximum atomic E-state index is 13.5. The average Bonchev–Trinajstić information content (AvgIpc) is 2.92. The first-order valence-electron chi connectivity index (χ1n) is 6.35. The van der Waals surface area contributed by atoms with E-state index < -0.39 is 0 Å². The van der Waals surface area contributed by atoms with Gasteiger partial charge in [-0.3, -0.25) is 4.79 Å². The lowest BCUT2D eigenvalue weighted by atomic mass is 10.2. The van der Waals surface area contributed by atoms with Crippen molar-refractivity contribution in [2.45, 2.75) is 6.54 Å². The lowest BCUT2D eigenvalue weighted by Gasteiger charge is -2.04. The summed E-state index contributed by atoms with van der Waals surface area (Å²) in [7, 11) is 0. The Hall–Kier alpha value is -2.14. The van der Waals surface area contributed by atoms with Crippen molar-refractivity contribution in [2.75, 3.05) is 0 Å². The van der Waals surface area contributed by atoms with Crippen LogP contribution in [0.15, 0.2) is 57.4 Å². The van der Waals surface area contributed by atoms with Crippen LogP contribution in [0.3, 0.4) is 0 Å². The minimum Gasteiger partial charge on any atom is -0.451 e. The molecule has 0 bridgehead atoms. The molecule has 1 amide bonds. The largest absolute Gasteiger partial charge is 0.451 e. The van der Waals surface area contributed by atoms with Gasteiger partial charge in [0.1, 0.15) is 11.4 Å². The molecule has 1 aromatic heterocycles. The van der Waals surface area contributed by atoms with E-state index in [1.165, 1.54) is 6.07 Å². The van der Waals surface area contributed by atoms with E-state index in [1.54, 1.807) is 30.3 Å². The summed E-state index contributed by atoms with van der Waals surface area (Å²) in [4.78, 5) is 12.1. The van der Waals surface area contributed by atoms with Crippen LogP contribution in [0.25, 0.3) is 11.0 Å². The van der Waals surface area contributed by atoms with Crippen LogP contribution in [0.5, 0.6) is 0 Å². The fraction of sp³-hybridized carbons (Fsp3) is 0.0625. The highest BCUT2D eigenvalue weighted by Crippen LogP contribution is 2.26. The Kier molecular flexibility index (Phi) is 3.75. The summed E-state index contributed by atoms with van der Waals surface area (Å²) >= 11 is 3.40. The fourth-order valence-corrected chi connectivity index (χ4v) is 2.50. The van der Waals surface area contributed by atoms with Crippen LogP contribution in [0, 0.1) is 5.82 Å². The number of fused-ring (bicyclic) bond motifs is 1. The van der Waals surface area contributed by atoms with Crippen molar-refractivity contribution in [3.05, 3.63) is 70.1 Å². The second-order valence-corrected chi connectivity index (χ2v) is 5.39. The van der Waals surface area contributed by atoms with Crippen LogP contribution >= 0.6 is 15.9 Å². The normalized spacial score (nSPS) is 10.8. The number of benzene rings is 2. The van der Waals surface area contributed by atoms with Gasteiger partial charge in [0.25, 0.3) is 5.91 Å². The predicted octanol–water partition coefficient (Wildman–Crippen LogP) is 4.26. The Bertz CT molecular complexity index is 813. The third-order valence-electron chi connectivity index (χ3n) is 3.13. The van der Waals surface area contributed by atoms with E-state index in [4.69, 9.17) is 4.42 Å². The van der Waals surface area contributed by atoms with Gasteiger partial charge in [0.15, 0.2) is 5.76 Å². The molecule has 0 radical (unpaired) electrons. The van der Waals surface area contributed by atoms with E-state index in [2.05, 4.69) is 21.2 Å². The molecule has 0 unspecified atom stereocenters. The van der Waals surface area contributed by atoms with Crippen molar-refractivity contribution >= 4 is 32.8 Å². The molecule has 0 saturated heterocycles. The summed E-state index contributed by atoms with van der Waals surface area (Å²) < 4.78 is 19.8. The average molecular weight is 348 g/mol. The van der Waals surface area contributed by atoms with E-state index in [0.29, 0.717) is 11.1 Å². The van der Waals surface area contributed by atoms with Gasteiger partial charge in [0.2, 0.25) is 0 Å². The smallest absolute Gasteiger partial charge is 0.287 e. The number of halogens is 2. The summed E-state index contributed by atoms with van der Waals surface area (Å²) in [6, 6.07) is 13.5. The van der Waals surface area contributed by atoms with Crippen LogP contribution in [-0.2, 0) is 6.54 Å². The summed E-state index contributed by atoms with van der Waals surface area (Å²) in [6.45, 7) is 0.115. The van der Waals surface area contributed by atoms with Crippen LogP contribution in [-0.4, -0.2) is 5.91 Å². The van der Waals surface area contributed by atoms with Gasteiger partial charge in [-0.25, -0.2) is 4.39 Å². The predicted molar refractivity (Wildman–Crippen MR) is 81.5 cm³/mol. The van der Waals surface area contributed by atoms with Crippen molar-refractivity contribution in [2.24, 2.45) is 0 Å². The van der Waals surface area contributed by atoms with Crippen LogP contribution in [0.1, 0.15) is 16.1 Å². The van der Waals surface area contributed by atoms with Crippen molar-refractivity contribution in [3.8, 4) is 0 Å². The number of carbonyl (C=O) groups is 1. The second-order valence-electron chi connectivity index (χ2n) is 4.54. The molecule has 0 aliphatic rings. The SMILES string of the molecule is O=C(NCc1ccccc1F)c1cc2c(Br)cccc2o1. The molecular weight excluding hydrogens is 337 g/mol. The highest BCUT2D eigenvalue weighted by Gasteiger charge is 2.13. The topological polar surface area (TPSA) is 42.2 Å². The Morgan fingerprint density at radius 2 is 2.00 bits per heavy atom. The minimum atomic E-state index is -0.374. The van der Waals surface area contributed by atoms with Crippen LogP contribution < -0.4 is 5.32 Å². The zero-order valence-electron chi connectivity index (χ0n) is 10.9. The quantitative estimate of drug-likeness (QED) is 0.768.